The van der Waals surface area contributed by atoms with Crippen LogP contribution in [0.2, 0.25) is 0 Å². The van der Waals surface area contributed by atoms with Crippen molar-refractivity contribution in [2.75, 3.05) is 20.8 Å². The molecule has 33 heavy (non-hydrogen) atoms. The highest BCUT2D eigenvalue weighted by atomic mass is 19.1. The van der Waals surface area contributed by atoms with E-state index in [1.54, 1.807) is 20.3 Å². The number of nitrogens with one attached hydrogen (secondary N) is 2. The van der Waals surface area contributed by atoms with Gasteiger partial charge in [-0.05, 0) is 53.4 Å². The van der Waals surface area contributed by atoms with Crippen molar-refractivity contribution in [3.05, 3.63) is 95.4 Å². The third-order valence-corrected chi connectivity index (χ3v) is 5.82. The normalized spacial score (nSPS) is 11.8. The van der Waals surface area contributed by atoms with Crippen molar-refractivity contribution in [3.63, 3.8) is 0 Å². The number of H-pyrrole nitrogens is 1. The van der Waals surface area contributed by atoms with E-state index in [-0.39, 0.29) is 24.1 Å². The number of carbonyl (C=O) groups excluding carboxylic acids is 1. The number of rotatable bonds is 9. The van der Waals surface area contributed by atoms with Gasteiger partial charge in [-0.3, -0.25) is 4.79 Å². The van der Waals surface area contributed by atoms with Crippen LogP contribution in [0, 0.1) is 5.82 Å². The largest absolute Gasteiger partial charge is 0.493 e. The first-order chi connectivity index (χ1) is 16.1. The second-order valence-corrected chi connectivity index (χ2v) is 7.89. The molecular formula is C27H27FN2O3. The first-order valence-corrected chi connectivity index (χ1v) is 10.9. The molecule has 5 nitrogen and oxygen atoms in total. The van der Waals surface area contributed by atoms with Gasteiger partial charge in [0.25, 0.3) is 0 Å². The molecule has 1 atom stereocenters. The molecule has 1 unspecified atom stereocenters. The monoisotopic (exact) mass is 446 g/mol. The summed E-state index contributed by atoms with van der Waals surface area (Å²) in [6.07, 6.45) is 2.79. The van der Waals surface area contributed by atoms with Crippen molar-refractivity contribution < 1.29 is 18.7 Å². The maximum absolute atomic E-state index is 14.0. The highest BCUT2D eigenvalue weighted by Crippen LogP contribution is 2.33. The number of benzene rings is 3. The Balaban J connectivity index is 1.48. The van der Waals surface area contributed by atoms with E-state index in [0.29, 0.717) is 24.5 Å². The van der Waals surface area contributed by atoms with Crippen LogP contribution in [0.25, 0.3) is 10.9 Å². The van der Waals surface area contributed by atoms with Gasteiger partial charge in [-0.2, -0.15) is 0 Å². The standard InChI is InChI=1S/C27H27FN2O3/c1-32-25-11-10-18(14-26(25)33-2)12-13-29-27(31)16-22(19-6-5-7-20(28)15-19)23-17-30-24-9-4-3-8-21(23)24/h3-11,14-15,17,22,30H,12-13,16H2,1-2H3,(H,29,31). The molecule has 2 N–H and O–H groups in total. The highest BCUT2D eigenvalue weighted by molar-refractivity contribution is 5.86. The van der Waals surface area contributed by atoms with Crippen LogP contribution < -0.4 is 14.8 Å². The number of para-hydroxylation sites is 1. The minimum absolute atomic E-state index is 0.0879. The number of ether oxygens (including phenoxy) is 2. The molecule has 0 saturated carbocycles. The van der Waals surface area contributed by atoms with Gasteiger partial charge in [-0.25, -0.2) is 4.39 Å². The molecular weight excluding hydrogens is 419 g/mol. The van der Waals surface area contributed by atoms with E-state index in [4.69, 9.17) is 9.47 Å². The molecule has 0 aliphatic rings. The Morgan fingerprint density at radius 2 is 1.82 bits per heavy atom. The maximum Gasteiger partial charge on any atom is 0.220 e. The quantitative estimate of drug-likeness (QED) is 0.371. The molecule has 0 spiro atoms. The molecule has 6 heteroatoms. The minimum Gasteiger partial charge on any atom is -0.493 e. The summed E-state index contributed by atoms with van der Waals surface area (Å²) in [5, 5.41) is 4.04. The highest BCUT2D eigenvalue weighted by Gasteiger charge is 2.22. The molecule has 4 aromatic rings. The second kappa shape index (κ2) is 10.2. The lowest BCUT2D eigenvalue weighted by molar-refractivity contribution is -0.121. The number of carbonyl (C=O) groups is 1. The Morgan fingerprint density at radius 3 is 2.61 bits per heavy atom. The summed E-state index contributed by atoms with van der Waals surface area (Å²) in [6.45, 7) is 0.484. The smallest absolute Gasteiger partial charge is 0.220 e. The number of amides is 1. The summed E-state index contributed by atoms with van der Waals surface area (Å²) in [5.74, 6) is 0.660. The van der Waals surface area contributed by atoms with Crippen molar-refractivity contribution in [2.45, 2.75) is 18.8 Å². The molecule has 1 aromatic heterocycles. The third-order valence-electron chi connectivity index (χ3n) is 5.82. The zero-order valence-electron chi connectivity index (χ0n) is 18.7. The van der Waals surface area contributed by atoms with Crippen molar-refractivity contribution in [1.29, 1.82) is 0 Å². The Morgan fingerprint density at radius 1 is 1.00 bits per heavy atom. The van der Waals surface area contributed by atoms with Crippen LogP contribution in [-0.2, 0) is 11.2 Å². The number of methoxy groups -OCH3 is 2. The lowest BCUT2D eigenvalue weighted by Gasteiger charge is -2.17. The van der Waals surface area contributed by atoms with Crippen molar-refractivity contribution >= 4 is 16.8 Å². The summed E-state index contributed by atoms with van der Waals surface area (Å²) in [4.78, 5) is 16.2. The van der Waals surface area contributed by atoms with Gasteiger partial charge in [0, 0.05) is 36.0 Å². The Kier molecular flexibility index (Phi) is 6.93. The first kappa shape index (κ1) is 22.4. The van der Waals surface area contributed by atoms with E-state index in [2.05, 4.69) is 10.3 Å². The average molecular weight is 447 g/mol. The SMILES string of the molecule is COc1ccc(CCNC(=O)CC(c2cccc(F)c2)c2c[nH]c3ccccc23)cc1OC. The molecule has 3 aromatic carbocycles. The molecule has 0 saturated heterocycles. The van der Waals surface area contributed by atoms with E-state index < -0.39 is 0 Å². The molecule has 0 aliphatic heterocycles. The molecule has 0 fully saturated rings. The predicted molar refractivity (Wildman–Crippen MR) is 127 cm³/mol. The van der Waals surface area contributed by atoms with Crippen molar-refractivity contribution in [2.24, 2.45) is 0 Å². The van der Waals surface area contributed by atoms with Crippen LogP contribution in [0.1, 0.15) is 29.0 Å². The van der Waals surface area contributed by atoms with E-state index in [1.807, 2.05) is 54.7 Å². The minimum atomic E-state index is -0.314. The number of hydrogen-bond donors (Lipinski definition) is 2. The van der Waals surface area contributed by atoms with Gasteiger partial charge in [0.1, 0.15) is 5.82 Å². The molecule has 1 heterocycles. The van der Waals surface area contributed by atoms with E-state index >= 15 is 0 Å². The van der Waals surface area contributed by atoms with Gasteiger partial charge < -0.3 is 19.8 Å². The summed E-state index contributed by atoms with van der Waals surface area (Å²) < 4.78 is 24.6. The number of fused-ring (bicyclic) bond motifs is 1. The lowest BCUT2D eigenvalue weighted by atomic mass is 9.88. The van der Waals surface area contributed by atoms with E-state index in [1.165, 1.54) is 12.1 Å². The molecule has 0 radical (unpaired) electrons. The van der Waals surface area contributed by atoms with E-state index in [9.17, 15) is 9.18 Å². The fraction of sp³-hybridized carbons (Fsp3) is 0.222. The average Bonchev–Trinajstić information content (AvgIpc) is 3.26. The Bertz CT molecular complexity index is 1250. The topological polar surface area (TPSA) is 63.3 Å². The zero-order chi connectivity index (χ0) is 23.2. The Labute approximate surface area is 192 Å². The van der Waals surface area contributed by atoms with Gasteiger partial charge in [0.2, 0.25) is 5.91 Å². The fourth-order valence-corrected chi connectivity index (χ4v) is 4.15. The first-order valence-electron chi connectivity index (χ1n) is 10.9. The van der Waals surface area contributed by atoms with Crippen LogP contribution in [-0.4, -0.2) is 31.7 Å². The van der Waals surface area contributed by atoms with Gasteiger partial charge in [0.05, 0.1) is 14.2 Å². The fourth-order valence-electron chi connectivity index (χ4n) is 4.15. The number of aromatic nitrogens is 1. The van der Waals surface area contributed by atoms with Crippen LogP contribution in [0.5, 0.6) is 11.5 Å². The molecule has 1 amide bonds. The molecule has 0 aliphatic carbocycles. The number of hydrogen-bond acceptors (Lipinski definition) is 3. The summed E-state index contributed by atoms with van der Waals surface area (Å²) in [7, 11) is 3.20. The zero-order valence-corrected chi connectivity index (χ0v) is 18.7. The summed E-state index contributed by atoms with van der Waals surface area (Å²) in [5.41, 5.74) is 3.77. The van der Waals surface area contributed by atoms with Crippen LogP contribution >= 0.6 is 0 Å². The molecule has 170 valence electrons. The third kappa shape index (κ3) is 5.17. The van der Waals surface area contributed by atoms with Crippen LogP contribution in [0.15, 0.2) is 72.9 Å². The van der Waals surface area contributed by atoms with Gasteiger partial charge in [-0.15, -0.1) is 0 Å². The van der Waals surface area contributed by atoms with Crippen molar-refractivity contribution in [3.8, 4) is 11.5 Å². The summed E-state index contributed by atoms with van der Waals surface area (Å²) >= 11 is 0. The Hall–Kier alpha value is -3.80. The molecule has 4 rings (SSSR count). The second-order valence-electron chi connectivity index (χ2n) is 7.89. The number of halogens is 1. The predicted octanol–water partition coefficient (Wildman–Crippen LogP) is 5.21. The molecule has 0 bridgehead atoms. The lowest BCUT2D eigenvalue weighted by Crippen LogP contribution is -2.27. The van der Waals surface area contributed by atoms with Crippen molar-refractivity contribution in [1.82, 2.24) is 10.3 Å². The van der Waals surface area contributed by atoms with Crippen LogP contribution in [0.3, 0.4) is 0 Å². The van der Waals surface area contributed by atoms with E-state index in [0.717, 1.165) is 27.6 Å². The van der Waals surface area contributed by atoms with Crippen LogP contribution in [0.4, 0.5) is 4.39 Å². The van der Waals surface area contributed by atoms with Gasteiger partial charge >= 0.3 is 0 Å². The van der Waals surface area contributed by atoms with Gasteiger partial charge in [-0.1, -0.05) is 36.4 Å². The van der Waals surface area contributed by atoms with Gasteiger partial charge in [0.15, 0.2) is 11.5 Å². The number of aromatic amines is 1. The maximum atomic E-state index is 14.0. The summed E-state index contributed by atoms with van der Waals surface area (Å²) in [6, 6.07) is 20.1.